The van der Waals surface area contributed by atoms with Gasteiger partial charge < -0.3 is 10.1 Å². The molecule has 0 unspecified atom stereocenters. The van der Waals surface area contributed by atoms with Crippen LogP contribution in [0.2, 0.25) is 0 Å². The fraction of sp³-hybridized carbons (Fsp3) is 0.292. The number of rotatable bonds is 10. The molecular weight excluding hydrogens is 412 g/mol. The number of benzene rings is 3. The average Bonchev–Trinajstić information content (AvgIpc) is 2.74. The summed E-state index contributed by atoms with van der Waals surface area (Å²) in [4.78, 5) is 12.2. The first-order valence-corrected chi connectivity index (χ1v) is 12.1. The minimum absolute atomic E-state index is 0.125. The van der Waals surface area contributed by atoms with E-state index in [1.165, 1.54) is 10.6 Å². The minimum Gasteiger partial charge on any atom is -0.491 e. The Morgan fingerprint density at radius 1 is 1.00 bits per heavy atom. The van der Waals surface area contributed by atoms with Gasteiger partial charge >= 0.3 is 0 Å². The van der Waals surface area contributed by atoms with E-state index in [1.54, 1.807) is 6.07 Å². The Hall–Kier alpha value is -3.06. The monoisotopic (exact) mass is 440 g/mol. The molecule has 0 atom stereocenters. The predicted octanol–water partition coefficient (Wildman–Crippen LogP) is 3.89. The molecule has 0 bridgehead atoms. The molecule has 0 radical (unpaired) electrons. The Labute approximate surface area is 183 Å². The second-order valence-corrected chi connectivity index (χ2v) is 9.31. The number of anilines is 1. The Bertz CT molecular complexity index is 1140. The van der Waals surface area contributed by atoms with Crippen molar-refractivity contribution in [2.75, 3.05) is 30.3 Å². The van der Waals surface area contributed by atoms with Crippen molar-refractivity contribution < 1.29 is 17.9 Å². The number of nitrogens with zero attached hydrogens (tertiary/aromatic N) is 1. The first-order chi connectivity index (χ1) is 14.9. The van der Waals surface area contributed by atoms with Crippen LogP contribution in [0.15, 0.2) is 66.7 Å². The molecule has 1 amide bonds. The van der Waals surface area contributed by atoms with Gasteiger partial charge in [-0.1, -0.05) is 54.6 Å². The molecule has 164 valence electrons. The summed E-state index contributed by atoms with van der Waals surface area (Å²) in [6, 6.07) is 21.0. The number of ether oxygens (including phenoxy) is 1. The van der Waals surface area contributed by atoms with Gasteiger partial charge in [-0.15, -0.1) is 0 Å². The van der Waals surface area contributed by atoms with Crippen LogP contribution >= 0.6 is 0 Å². The maximum Gasteiger partial charge on any atom is 0.232 e. The maximum absolute atomic E-state index is 12.4. The van der Waals surface area contributed by atoms with Crippen molar-refractivity contribution in [1.82, 2.24) is 5.32 Å². The van der Waals surface area contributed by atoms with Crippen LogP contribution in [0, 0.1) is 6.92 Å². The van der Waals surface area contributed by atoms with Gasteiger partial charge in [0.05, 0.1) is 18.5 Å². The van der Waals surface area contributed by atoms with Crippen LogP contribution in [0.25, 0.3) is 10.8 Å². The molecule has 0 saturated carbocycles. The molecule has 31 heavy (non-hydrogen) atoms. The number of carbonyl (C=O) groups is 1. The van der Waals surface area contributed by atoms with Gasteiger partial charge in [0.2, 0.25) is 15.9 Å². The lowest BCUT2D eigenvalue weighted by Gasteiger charge is -2.24. The number of sulfonamides is 1. The lowest BCUT2D eigenvalue weighted by molar-refractivity contribution is -0.121. The van der Waals surface area contributed by atoms with E-state index in [0.29, 0.717) is 25.3 Å². The smallest absolute Gasteiger partial charge is 0.232 e. The molecule has 0 aliphatic carbocycles. The van der Waals surface area contributed by atoms with Gasteiger partial charge in [0.1, 0.15) is 12.4 Å². The van der Waals surface area contributed by atoms with Crippen molar-refractivity contribution in [3.8, 4) is 5.75 Å². The van der Waals surface area contributed by atoms with Crippen LogP contribution < -0.4 is 14.4 Å². The summed E-state index contributed by atoms with van der Waals surface area (Å²) in [5.74, 6) is 0.676. The molecule has 0 aliphatic rings. The SMILES string of the molecule is Cc1ccccc1OCCNC(=O)CCCN(c1cccc2ccccc12)S(C)(=O)=O. The van der Waals surface area contributed by atoms with Gasteiger partial charge in [-0.2, -0.15) is 0 Å². The summed E-state index contributed by atoms with van der Waals surface area (Å²) in [7, 11) is -3.48. The third-order valence-corrected chi connectivity index (χ3v) is 6.16. The van der Waals surface area contributed by atoms with E-state index in [9.17, 15) is 13.2 Å². The average molecular weight is 441 g/mol. The van der Waals surface area contributed by atoms with Crippen LogP contribution in [0.3, 0.4) is 0 Å². The minimum atomic E-state index is -3.48. The summed E-state index contributed by atoms with van der Waals surface area (Å²) in [6.45, 7) is 2.98. The van der Waals surface area contributed by atoms with E-state index in [4.69, 9.17) is 4.74 Å². The van der Waals surface area contributed by atoms with Gasteiger partial charge in [-0.25, -0.2) is 8.42 Å². The number of nitrogens with one attached hydrogen (secondary N) is 1. The summed E-state index contributed by atoms with van der Waals surface area (Å²) >= 11 is 0. The number of para-hydroxylation sites is 1. The molecule has 0 saturated heterocycles. The number of carbonyl (C=O) groups excluding carboxylic acids is 1. The van der Waals surface area contributed by atoms with E-state index >= 15 is 0 Å². The summed E-state index contributed by atoms with van der Waals surface area (Å²) in [5.41, 5.74) is 1.68. The zero-order valence-corrected chi connectivity index (χ0v) is 18.7. The molecule has 7 heteroatoms. The topological polar surface area (TPSA) is 75.7 Å². The second kappa shape index (κ2) is 10.3. The molecular formula is C24H28N2O4S. The Morgan fingerprint density at radius 2 is 1.71 bits per heavy atom. The highest BCUT2D eigenvalue weighted by atomic mass is 32.2. The number of amides is 1. The van der Waals surface area contributed by atoms with Gasteiger partial charge in [0, 0.05) is 18.4 Å². The van der Waals surface area contributed by atoms with Crippen LogP contribution in [-0.4, -0.2) is 40.3 Å². The highest BCUT2D eigenvalue weighted by Gasteiger charge is 2.19. The van der Waals surface area contributed by atoms with Crippen LogP contribution in [0.1, 0.15) is 18.4 Å². The highest BCUT2D eigenvalue weighted by molar-refractivity contribution is 7.92. The zero-order chi connectivity index (χ0) is 22.3. The van der Waals surface area contributed by atoms with Crippen molar-refractivity contribution in [1.29, 1.82) is 0 Å². The first kappa shape index (κ1) is 22.6. The van der Waals surface area contributed by atoms with Crippen LogP contribution in [-0.2, 0) is 14.8 Å². The molecule has 1 N–H and O–H groups in total. The fourth-order valence-corrected chi connectivity index (χ4v) is 4.41. The fourth-order valence-electron chi connectivity index (χ4n) is 3.43. The Balaban J connectivity index is 1.52. The van der Waals surface area contributed by atoms with Crippen molar-refractivity contribution in [2.24, 2.45) is 0 Å². The van der Waals surface area contributed by atoms with E-state index in [2.05, 4.69) is 5.32 Å². The third kappa shape index (κ3) is 6.21. The van der Waals surface area contributed by atoms with Gasteiger partial charge in [0.15, 0.2) is 0 Å². The summed E-state index contributed by atoms with van der Waals surface area (Å²) in [6.07, 6.45) is 1.85. The van der Waals surface area contributed by atoms with Crippen molar-refractivity contribution >= 4 is 32.4 Å². The van der Waals surface area contributed by atoms with E-state index in [1.807, 2.05) is 67.6 Å². The zero-order valence-electron chi connectivity index (χ0n) is 17.9. The van der Waals surface area contributed by atoms with Gasteiger partial charge in [-0.05, 0) is 36.4 Å². The predicted molar refractivity (Wildman–Crippen MR) is 125 cm³/mol. The van der Waals surface area contributed by atoms with E-state index in [-0.39, 0.29) is 18.9 Å². The molecule has 3 rings (SSSR count). The molecule has 3 aromatic carbocycles. The number of fused-ring (bicyclic) bond motifs is 1. The van der Waals surface area contributed by atoms with Gasteiger partial charge in [0.25, 0.3) is 0 Å². The van der Waals surface area contributed by atoms with Gasteiger partial charge in [-0.3, -0.25) is 9.10 Å². The van der Waals surface area contributed by atoms with Crippen LogP contribution in [0.5, 0.6) is 5.75 Å². The maximum atomic E-state index is 12.4. The van der Waals surface area contributed by atoms with Crippen LogP contribution in [0.4, 0.5) is 5.69 Å². The Morgan fingerprint density at radius 3 is 2.48 bits per heavy atom. The standard InChI is InChI=1S/C24H28N2O4S/c1-19-9-3-6-14-23(19)30-18-16-25-24(27)15-8-17-26(31(2,28)29)22-13-7-11-20-10-4-5-12-21(20)22/h3-7,9-14H,8,15-18H2,1-2H3,(H,25,27). The van der Waals surface area contributed by atoms with Crippen molar-refractivity contribution in [3.05, 3.63) is 72.3 Å². The number of hydrogen-bond acceptors (Lipinski definition) is 4. The first-order valence-electron chi connectivity index (χ1n) is 10.3. The molecule has 0 aliphatic heterocycles. The molecule has 6 nitrogen and oxygen atoms in total. The number of hydrogen-bond donors (Lipinski definition) is 1. The highest BCUT2D eigenvalue weighted by Crippen LogP contribution is 2.28. The summed E-state index contributed by atoms with van der Waals surface area (Å²) < 4.78 is 31.9. The molecule has 0 fully saturated rings. The largest absolute Gasteiger partial charge is 0.491 e. The van der Waals surface area contributed by atoms with Crippen molar-refractivity contribution in [2.45, 2.75) is 19.8 Å². The quantitative estimate of drug-likeness (QED) is 0.485. The second-order valence-electron chi connectivity index (χ2n) is 7.40. The molecule has 0 heterocycles. The molecule has 0 spiro atoms. The lowest BCUT2D eigenvalue weighted by atomic mass is 10.1. The Kier molecular flexibility index (Phi) is 7.52. The molecule has 3 aromatic rings. The van der Waals surface area contributed by atoms with Crippen molar-refractivity contribution in [3.63, 3.8) is 0 Å². The molecule has 0 aromatic heterocycles. The number of aryl methyl sites for hydroxylation is 1. The van der Waals surface area contributed by atoms with E-state index < -0.39 is 10.0 Å². The van der Waals surface area contributed by atoms with E-state index in [0.717, 1.165) is 22.1 Å². The third-order valence-electron chi connectivity index (χ3n) is 4.98. The summed E-state index contributed by atoms with van der Waals surface area (Å²) in [5, 5.41) is 4.66. The lowest BCUT2D eigenvalue weighted by Crippen LogP contribution is -2.33. The normalized spacial score (nSPS) is 11.3.